The normalized spacial score (nSPS) is 9.69. The number of carbonyl (C=O) groups excluding carboxylic acids is 1. The predicted molar refractivity (Wildman–Crippen MR) is 54.6 cm³/mol. The van der Waals surface area contributed by atoms with Gasteiger partial charge in [-0.1, -0.05) is 31.2 Å². The Morgan fingerprint density at radius 1 is 1.31 bits per heavy atom. The number of hydrogen-bond donors (Lipinski definition) is 1. The lowest BCUT2D eigenvalue weighted by atomic mass is 10.1. The van der Waals surface area contributed by atoms with Gasteiger partial charge in [0.15, 0.2) is 0 Å². The Morgan fingerprint density at radius 2 is 1.85 bits per heavy atom. The van der Waals surface area contributed by atoms with Crippen LogP contribution in [0.25, 0.3) is 0 Å². The average molecular weight is 196 g/mol. The van der Waals surface area contributed by atoms with Gasteiger partial charge in [-0.3, -0.25) is 4.79 Å². The van der Waals surface area contributed by atoms with Crippen LogP contribution in [-0.2, 0) is 21.8 Å². The van der Waals surface area contributed by atoms with Gasteiger partial charge in [0.2, 0.25) is 0 Å². The molecule has 0 bridgehead atoms. The molecule has 0 aliphatic heterocycles. The van der Waals surface area contributed by atoms with Crippen molar-refractivity contribution in [3.63, 3.8) is 0 Å². The molecule has 0 aromatic heterocycles. The van der Waals surface area contributed by atoms with Crippen LogP contribution in [0, 0.1) is 0 Å². The van der Waals surface area contributed by atoms with E-state index in [1.807, 2.05) is 24.3 Å². The van der Waals surface area contributed by atoms with Crippen LogP contribution in [0.5, 0.6) is 0 Å². The number of rotatable bonds is 3. The van der Waals surface area contributed by atoms with Crippen molar-refractivity contribution in [1.82, 2.24) is 0 Å². The first kappa shape index (κ1) is 10.1. The summed E-state index contributed by atoms with van der Waals surface area (Å²) in [6.45, 7) is 2.09. The van der Waals surface area contributed by atoms with Gasteiger partial charge in [-0.25, -0.2) is 0 Å². The highest BCUT2D eigenvalue weighted by Crippen LogP contribution is 2.06. The van der Waals surface area contributed by atoms with Crippen molar-refractivity contribution in [3.05, 3.63) is 35.4 Å². The Bertz CT molecular complexity index is 279. The minimum atomic E-state index is -0.326. The van der Waals surface area contributed by atoms with E-state index in [9.17, 15) is 4.79 Å². The van der Waals surface area contributed by atoms with Crippen LogP contribution < -0.4 is 0 Å². The molecule has 0 amide bonds. The SMILES string of the molecule is CCc1ccc(CC(=O)OS)cc1. The Morgan fingerprint density at radius 3 is 2.31 bits per heavy atom. The van der Waals surface area contributed by atoms with E-state index in [0.29, 0.717) is 0 Å². The van der Waals surface area contributed by atoms with Gasteiger partial charge in [0.1, 0.15) is 0 Å². The zero-order valence-corrected chi connectivity index (χ0v) is 8.38. The van der Waals surface area contributed by atoms with Crippen LogP contribution in [0.1, 0.15) is 18.1 Å². The molecule has 0 N–H and O–H groups in total. The highest BCUT2D eigenvalue weighted by molar-refractivity contribution is 7.75. The molecule has 0 unspecified atom stereocenters. The smallest absolute Gasteiger partial charge is 0.322 e. The molecule has 0 aliphatic carbocycles. The first-order valence-electron chi connectivity index (χ1n) is 4.18. The van der Waals surface area contributed by atoms with E-state index in [-0.39, 0.29) is 12.4 Å². The summed E-state index contributed by atoms with van der Waals surface area (Å²) in [6, 6.07) is 7.90. The molecule has 13 heavy (non-hydrogen) atoms. The third kappa shape index (κ3) is 3.11. The molecule has 0 radical (unpaired) electrons. The highest BCUT2D eigenvalue weighted by atomic mass is 32.1. The fraction of sp³-hybridized carbons (Fsp3) is 0.300. The molecule has 0 saturated heterocycles. The Kier molecular flexibility index (Phi) is 3.83. The monoisotopic (exact) mass is 196 g/mol. The summed E-state index contributed by atoms with van der Waals surface area (Å²) in [5.41, 5.74) is 2.22. The van der Waals surface area contributed by atoms with Gasteiger partial charge in [-0.05, 0) is 17.5 Å². The lowest BCUT2D eigenvalue weighted by Crippen LogP contribution is -2.01. The zero-order valence-electron chi connectivity index (χ0n) is 7.49. The quantitative estimate of drug-likeness (QED) is 0.592. The van der Waals surface area contributed by atoms with Crippen molar-refractivity contribution >= 4 is 18.9 Å². The van der Waals surface area contributed by atoms with E-state index in [4.69, 9.17) is 0 Å². The second kappa shape index (κ2) is 4.92. The van der Waals surface area contributed by atoms with Gasteiger partial charge in [0, 0.05) is 12.9 Å². The van der Waals surface area contributed by atoms with Crippen LogP contribution in [0.2, 0.25) is 0 Å². The highest BCUT2D eigenvalue weighted by Gasteiger charge is 2.02. The lowest BCUT2D eigenvalue weighted by molar-refractivity contribution is -0.132. The van der Waals surface area contributed by atoms with E-state index >= 15 is 0 Å². The number of benzene rings is 1. The number of thiol groups is 1. The minimum absolute atomic E-state index is 0.285. The van der Waals surface area contributed by atoms with Crippen molar-refractivity contribution in [2.24, 2.45) is 0 Å². The van der Waals surface area contributed by atoms with Gasteiger partial charge in [0.05, 0.1) is 6.42 Å². The summed E-state index contributed by atoms with van der Waals surface area (Å²) >= 11 is 3.43. The van der Waals surface area contributed by atoms with E-state index < -0.39 is 0 Å². The fourth-order valence-corrected chi connectivity index (χ4v) is 1.16. The van der Waals surface area contributed by atoms with E-state index in [2.05, 4.69) is 24.0 Å². The summed E-state index contributed by atoms with van der Waals surface area (Å²) in [4.78, 5) is 10.8. The Balaban J connectivity index is 2.64. The molecule has 1 aromatic carbocycles. The van der Waals surface area contributed by atoms with Crippen molar-refractivity contribution in [1.29, 1.82) is 0 Å². The van der Waals surface area contributed by atoms with Gasteiger partial charge in [-0.15, -0.1) is 0 Å². The average Bonchev–Trinajstić information content (AvgIpc) is 2.19. The molecule has 1 aromatic rings. The third-order valence-electron chi connectivity index (χ3n) is 1.88. The van der Waals surface area contributed by atoms with Crippen molar-refractivity contribution in [3.8, 4) is 0 Å². The second-order valence-corrected chi connectivity index (χ2v) is 2.99. The molecule has 0 aliphatic rings. The number of aryl methyl sites for hydroxylation is 1. The molecule has 70 valence electrons. The van der Waals surface area contributed by atoms with E-state index in [1.165, 1.54) is 5.56 Å². The maximum Gasteiger partial charge on any atom is 0.322 e. The Hall–Kier alpha value is -0.960. The molecule has 0 fully saturated rings. The maximum absolute atomic E-state index is 10.8. The summed E-state index contributed by atoms with van der Waals surface area (Å²) in [5, 5.41) is 0. The van der Waals surface area contributed by atoms with Crippen LogP contribution in [0.4, 0.5) is 0 Å². The van der Waals surface area contributed by atoms with Crippen molar-refractivity contribution in [2.75, 3.05) is 0 Å². The fourth-order valence-electron chi connectivity index (χ4n) is 1.09. The minimum Gasteiger partial charge on any atom is -0.394 e. The summed E-state index contributed by atoms with van der Waals surface area (Å²) in [5.74, 6) is -0.326. The summed E-state index contributed by atoms with van der Waals surface area (Å²) < 4.78 is 4.27. The van der Waals surface area contributed by atoms with Crippen molar-refractivity contribution < 1.29 is 8.98 Å². The molecule has 0 spiro atoms. The summed E-state index contributed by atoms with van der Waals surface area (Å²) in [6.07, 6.45) is 1.30. The van der Waals surface area contributed by atoms with Crippen LogP contribution in [-0.4, -0.2) is 5.97 Å². The summed E-state index contributed by atoms with van der Waals surface area (Å²) in [7, 11) is 0. The lowest BCUT2D eigenvalue weighted by Gasteiger charge is -2.00. The van der Waals surface area contributed by atoms with Crippen LogP contribution >= 0.6 is 12.9 Å². The number of carbonyl (C=O) groups is 1. The molecular weight excluding hydrogens is 184 g/mol. The Labute approximate surface area is 83.5 Å². The van der Waals surface area contributed by atoms with Crippen LogP contribution in [0.15, 0.2) is 24.3 Å². The third-order valence-corrected chi connectivity index (χ3v) is 2.09. The molecule has 2 nitrogen and oxygen atoms in total. The first-order chi connectivity index (χ1) is 6.26. The van der Waals surface area contributed by atoms with Gasteiger partial charge >= 0.3 is 5.97 Å². The predicted octanol–water partition coefficient (Wildman–Crippen LogP) is 2.18. The van der Waals surface area contributed by atoms with Gasteiger partial charge < -0.3 is 4.18 Å². The van der Waals surface area contributed by atoms with Crippen LogP contribution in [0.3, 0.4) is 0 Å². The van der Waals surface area contributed by atoms with E-state index in [1.54, 1.807) is 0 Å². The first-order valence-corrected chi connectivity index (χ1v) is 4.55. The molecule has 0 atom stereocenters. The van der Waals surface area contributed by atoms with Crippen molar-refractivity contribution in [2.45, 2.75) is 19.8 Å². The standard InChI is InChI=1S/C10H12O2S/c1-2-8-3-5-9(6-4-8)7-10(11)12-13/h3-6,13H,2,7H2,1H3. The number of hydrogen-bond acceptors (Lipinski definition) is 3. The van der Waals surface area contributed by atoms with Gasteiger partial charge in [0.25, 0.3) is 0 Å². The molecule has 1 rings (SSSR count). The molecule has 0 heterocycles. The largest absolute Gasteiger partial charge is 0.394 e. The zero-order chi connectivity index (χ0) is 9.68. The topological polar surface area (TPSA) is 26.3 Å². The maximum atomic E-state index is 10.8. The molecule has 0 saturated carbocycles. The molecular formula is C10H12O2S. The second-order valence-electron chi connectivity index (χ2n) is 2.81. The molecule has 3 heteroatoms. The van der Waals surface area contributed by atoms with E-state index in [0.717, 1.165) is 12.0 Å². The van der Waals surface area contributed by atoms with Gasteiger partial charge in [-0.2, -0.15) is 0 Å².